The lowest BCUT2D eigenvalue weighted by Crippen LogP contribution is -2.10. The molecule has 0 radical (unpaired) electrons. The van der Waals surface area contributed by atoms with Gasteiger partial charge in [0.1, 0.15) is 6.33 Å². The molecule has 2 aromatic heterocycles. The summed E-state index contributed by atoms with van der Waals surface area (Å²) in [5.41, 5.74) is -2.61. The summed E-state index contributed by atoms with van der Waals surface area (Å²) in [6.07, 6.45) is -3.15. The number of allylic oxidation sites excluding steroid dienone is 1. The van der Waals surface area contributed by atoms with Crippen molar-refractivity contribution in [3.05, 3.63) is 83.9 Å². The fourth-order valence-corrected chi connectivity index (χ4v) is 3.97. The summed E-state index contributed by atoms with van der Waals surface area (Å²) in [7, 11) is 0. The first-order valence-electron chi connectivity index (χ1n) is 11.3. The van der Waals surface area contributed by atoms with Crippen LogP contribution in [0.3, 0.4) is 0 Å². The summed E-state index contributed by atoms with van der Waals surface area (Å²) in [6, 6.07) is 9.00. The Bertz CT molecular complexity index is 1520. The Labute approximate surface area is 211 Å². The summed E-state index contributed by atoms with van der Waals surface area (Å²) >= 11 is 0. The van der Waals surface area contributed by atoms with Gasteiger partial charge in [0.05, 0.1) is 11.1 Å². The number of carbonyl (C=O) groups is 1. The average Bonchev–Trinajstić information content (AvgIpc) is 3.66. The topological polar surface area (TPSA) is 73.6 Å². The predicted octanol–water partition coefficient (Wildman–Crippen LogP) is 6.42. The van der Waals surface area contributed by atoms with Gasteiger partial charge in [-0.25, -0.2) is 19.6 Å². The van der Waals surface area contributed by atoms with Crippen LogP contribution >= 0.6 is 0 Å². The minimum atomic E-state index is -4.79. The molecule has 1 aliphatic carbocycles. The number of Topliss-reactive ketones (excluding diaryl/α,β-unsaturated/α-hetero) is 1. The van der Waals surface area contributed by atoms with Crippen LogP contribution in [0.5, 0.6) is 0 Å². The summed E-state index contributed by atoms with van der Waals surface area (Å²) in [6.45, 7) is 0. The summed E-state index contributed by atoms with van der Waals surface area (Å²) in [5.74, 6) is -1.43. The van der Waals surface area contributed by atoms with Crippen molar-refractivity contribution in [2.75, 3.05) is 0 Å². The fourth-order valence-electron chi connectivity index (χ4n) is 3.97. The molecule has 0 N–H and O–H groups in total. The van der Waals surface area contributed by atoms with Gasteiger partial charge in [-0.2, -0.15) is 26.3 Å². The van der Waals surface area contributed by atoms with Crippen LogP contribution in [0.2, 0.25) is 0 Å². The number of nitrogens with zero attached hydrogens (tertiary/aromatic N) is 5. The lowest BCUT2D eigenvalue weighted by atomic mass is 10.0. The Hall–Kier alpha value is -4.35. The normalized spacial score (nSPS) is 14.5. The molecule has 0 atom stereocenters. The van der Waals surface area contributed by atoms with Gasteiger partial charge in [-0.05, 0) is 25.0 Å². The number of hydrogen-bond donors (Lipinski definition) is 0. The number of alkyl halides is 6. The largest absolute Gasteiger partial charge is 0.417 e. The number of hydrogen-bond acceptors (Lipinski definition) is 5. The Morgan fingerprint density at radius 2 is 1.39 bits per heavy atom. The molecule has 0 saturated heterocycles. The van der Waals surface area contributed by atoms with E-state index in [4.69, 9.17) is 0 Å². The Balaban J connectivity index is 1.78. The van der Waals surface area contributed by atoms with E-state index >= 15 is 0 Å². The first-order chi connectivity index (χ1) is 18.0. The first kappa shape index (κ1) is 25.3. The lowest BCUT2D eigenvalue weighted by molar-refractivity contribution is -0.137. The molecule has 0 spiro atoms. The molecule has 0 aliphatic heterocycles. The van der Waals surface area contributed by atoms with E-state index in [0.717, 1.165) is 28.9 Å². The minimum absolute atomic E-state index is 0.0550. The zero-order valence-electron chi connectivity index (χ0n) is 19.3. The van der Waals surface area contributed by atoms with Gasteiger partial charge >= 0.3 is 12.4 Å². The van der Waals surface area contributed by atoms with Crippen LogP contribution in [0.25, 0.3) is 34.5 Å². The highest BCUT2D eigenvalue weighted by Gasteiger charge is 2.37. The summed E-state index contributed by atoms with van der Waals surface area (Å²) in [5, 5.41) is 4.15. The number of rotatable bonds is 6. The lowest BCUT2D eigenvalue weighted by Gasteiger charge is -2.12. The van der Waals surface area contributed by atoms with Crippen molar-refractivity contribution in [3.8, 4) is 22.8 Å². The zero-order valence-corrected chi connectivity index (χ0v) is 19.3. The monoisotopic (exact) mass is 529 g/mol. The molecular formula is C26H17F6N5O. The smallest absolute Gasteiger partial charge is 0.294 e. The second kappa shape index (κ2) is 9.51. The van der Waals surface area contributed by atoms with Gasteiger partial charge in [0.25, 0.3) is 0 Å². The van der Waals surface area contributed by atoms with E-state index in [0.29, 0.717) is 12.8 Å². The van der Waals surface area contributed by atoms with E-state index in [1.165, 1.54) is 49.2 Å². The van der Waals surface area contributed by atoms with Crippen LogP contribution in [0.1, 0.15) is 29.5 Å². The highest BCUT2D eigenvalue weighted by atomic mass is 19.4. The van der Waals surface area contributed by atoms with Crippen LogP contribution in [0.4, 0.5) is 26.3 Å². The molecule has 1 saturated carbocycles. The molecule has 0 bridgehead atoms. The number of aromatic nitrogens is 5. The maximum atomic E-state index is 13.9. The molecule has 4 aromatic rings. The third-order valence-electron chi connectivity index (χ3n) is 5.91. The molecule has 6 nitrogen and oxygen atoms in total. The van der Waals surface area contributed by atoms with Gasteiger partial charge in [0.2, 0.25) is 0 Å². The van der Waals surface area contributed by atoms with Gasteiger partial charge < -0.3 is 0 Å². The van der Waals surface area contributed by atoms with Crippen molar-refractivity contribution in [2.24, 2.45) is 5.92 Å². The molecular weight excluding hydrogens is 512 g/mol. The van der Waals surface area contributed by atoms with Crippen LogP contribution < -0.4 is 0 Å². The summed E-state index contributed by atoms with van der Waals surface area (Å²) < 4.78 is 83.8. The van der Waals surface area contributed by atoms with Crippen LogP contribution in [-0.2, 0) is 17.1 Å². The second-order valence-electron chi connectivity index (χ2n) is 8.60. The number of halogens is 6. The number of benzene rings is 2. The molecule has 5 rings (SSSR count). The number of carbonyl (C=O) groups excluding carboxylic acids is 1. The highest BCUT2D eigenvalue weighted by Crippen LogP contribution is 2.40. The van der Waals surface area contributed by atoms with Gasteiger partial charge in [-0.15, -0.1) is 5.10 Å². The van der Waals surface area contributed by atoms with Crippen LogP contribution in [0, 0.1) is 5.92 Å². The molecule has 1 aliphatic rings. The molecule has 194 valence electrons. The quantitative estimate of drug-likeness (QED) is 0.213. The van der Waals surface area contributed by atoms with Gasteiger partial charge in [0, 0.05) is 46.8 Å². The maximum absolute atomic E-state index is 13.9. The SMILES string of the molecule is O=C(/C(=C/n1nc(-c2ccccc2C(F)(F)F)nc1-c1ccccc1C(F)(F)F)c1cncnc1)C1CC1. The predicted molar refractivity (Wildman–Crippen MR) is 125 cm³/mol. The fraction of sp³-hybridized carbons (Fsp3) is 0.192. The highest BCUT2D eigenvalue weighted by molar-refractivity contribution is 6.25. The van der Waals surface area contributed by atoms with E-state index in [2.05, 4.69) is 20.1 Å². The molecule has 2 aromatic carbocycles. The van der Waals surface area contributed by atoms with Crippen molar-refractivity contribution >= 4 is 17.6 Å². The third kappa shape index (κ3) is 5.06. The van der Waals surface area contributed by atoms with Crippen molar-refractivity contribution in [1.82, 2.24) is 24.7 Å². The molecule has 1 fully saturated rings. The van der Waals surface area contributed by atoms with E-state index in [9.17, 15) is 31.1 Å². The molecule has 38 heavy (non-hydrogen) atoms. The van der Waals surface area contributed by atoms with E-state index in [1.54, 1.807) is 0 Å². The van der Waals surface area contributed by atoms with Crippen molar-refractivity contribution in [3.63, 3.8) is 0 Å². The molecule has 12 heteroatoms. The minimum Gasteiger partial charge on any atom is -0.294 e. The standard InChI is InChI=1S/C26H17F6N5O/c27-25(28,29)20-7-3-1-5-17(20)23-35-24(18-6-2-4-8-21(18)26(30,31)32)37(36-23)13-19(22(38)15-9-10-15)16-11-33-14-34-12-16/h1-8,11-15H,9-10H2/b19-13+. The summed E-state index contributed by atoms with van der Waals surface area (Å²) in [4.78, 5) is 25.1. The van der Waals surface area contributed by atoms with E-state index in [1.807, 2.05) is 0 Å². The average molecular weight is 529 g/mol. The molecule has 0 amide bonds. The van der Waals surface area contributed by atoms with Gasteiger partial charge in [0.15, 0.2) is 17.4 Å². The number of ketones is 1. The first-order valence-corrected chi connectivity index (χ1v) is 11.3. The molecule has 0 unspecified atom stereocenters. The van der Waals surface area contributed by atoms with Gasteiger partial charge in [-0.3, -0.25) is 4.79 Å². The Morgan fingerprint density at radius 1 is 0.842 bits per heavy atom. The van der Waals surface area contributed by atoms with E-state index in [-0.39, 0.29) is 28.7 Å². The van der Waals surface area contributed by atoms with Crippen LogP contribution in [-0.4, -0.2) is 30.5 Å². The van der Waals surface area contributed by atoms with Gasteiger partial charge in [-0.1, -0.05) is 36.4 Å². The third-order valence-corrected chi connectivity index (χ3v) is 5.91. The zero-order chi connectivity index (χ0) is 27.1. The Kier molecular flexibility index (Phi) is 6.33. The molecule has 2 heterocycles. The van der Waals surface area contributed by atoms with Crippen molar-refractivity contribution in [2.45, 2.75) is 25.2 Å². The van der Waals surface area contributed by atoms with Crippen LogP contribution in [0.15, 0.2) is 67.3 Å². The second-order valence-corrected chi connectivity index (χ2v) is 8.60. The van der Waals surface area contributed by atoms with Crippen molar-refractivity contribution in [1.29, 1.82) is 0 Å². The Morgan fingerprint density at radius 3 is 1.97 bits per heavy atom. The van der Waals surface area contributed by atoms with Crippen molar-refractivity contribution < 1.29 is 31.1 Å². The maximum Gasteiger partial charge on any atom is 0.417 e. The van der Waals surface area contributed by atoms with E-state index < -0.39 is 40.4 Å².